The van der Waals surface area contributed by atoms with Crippen LogP contribution in [0.1, 0.15) is 25.7 Å². The molecule has 5 nitrogen and oxygen atoms in total. The molecule has 0 amide bonds. The number of tetrazole rings is 1. The first-order valence-electron chi connectivity index (χ1n) is 5.71. The molecule has 19 heavy (non-hydrogen) atoms. The van der Waals surface area contributed by atoms with Gasteiger partial charge in [-0.3, -0.25) is 0 Å². The molecule has 0 saturated carbocycles. The molecule has 1 aromatic heterocycles. The van der Waals surface area contributed by atoms with Crippen LogP contribution in [0.25, 0.3) is 5.69 Å². The Labute approximate surface area is 125 Å². The van der Waals surface area contributed by atoms with E-state index >= 15 is 0 Å². The molecule has 0 fully saturated rings. The first kappa shape index (κ1) is 14.5. The van der Waals surface area contributed by atoms with Gasteiger partial charge in [0.15, 0.2) is 5.82 Å². The maximum atomic E-state index is 6.17. The van der Waals surface area contributed by atoms with E-state index in [2.05, 4.69) is 20.8 Å². The third-order valence-corrected chi connectivity index (χ3v) is 3.38. The average Bonchev–Trinajstić information content (AvgIpc) is 2.77. The van der Waals surface area contributed by atoms with Gasteiger partial charge >= 0.3 is 0 Å². The van der Waals surface area contributed by atoms with Gasteiger partial charge in [0.25, 0.3) is 0 Å². The lowest BCUT2D eigenvalue weighted by molar-refractivity contribution is 0.550. The van der Waals surface area contributed by atoms with Gasteiger partial charge in [-0.1, -0.05) is 41.7 Å². The van der Waals surface area contributed by atoms with Crippen molar-refractivity contribution in [2.45, 2.75) is 19.9 Å². The van der Waals surface area contributed by atoms with Crippen molar-refractivity contribution in [3.8, 4) is 5.69 Å². The van der Waals surface area contributed by atoms with Crippen molar-refractivity contribution in [2.24, 2.45) is 0 Å². The fraction of sp³-hybridized carbons (Fsp3) is 0.364. The topological polar surface area (TPSA) is 55.6 Å². The molecule has 0 aliphatic rings. The van der Waals surface area contributed by atoms with Gasteiger partial charge in [0.05, 0.1) is 16.1 Å². The van der Waals surface area contributed by atoms with Gasteiger partial charge in [-0.15, -0.1) is 5.10 Å². The summed E-state index contributed by atoms with van der Waals surface area (Å²) < 4.78 is 1.52. The van der Waals surface area contributed by atoms with Crippen LogP contribution in [0.2, 0.25) is 15.1 Å². The Kier molecular flexibility index (Phi) is 4.62. The van der Waals surface area contributed by atoms with Crippen molar-refractivity contribution < 1.29 is 0 Å². The average molecular weight is 321 g/mol. The lowest BCUT2D eigenvalue weighted by Gasteiger charge is -2.14. The number of hydrogen-bond acceptors (Lipinski definition) is 4. The van der Waals surface area contributed by atoms with Crippen LogP contribution < -0.4 is 5.32 Å². The molecule has 0 spiro atoms. The maximum absolute atomic E-state index is 6.17. The van der Waals surface area contributed by atoms with E-state index in [4.69, 9.17) is 34.8 Å². The van der Waals surface area contributed by atoms with Crippen LogP contribution in [0, 0.1) is 0 Å². The van der Waals surface area contributed by atoms with Crippen molar-refractivity contribution in [3.05, 3.63) is 33.0 Å². The van der Waals surface area contributed by atoms with E-state index < -0.39 is 0 Å². The third-order valence-electron chi connectivity index (χ3n) is 2.58. The molecular weight excluding hydrogens is 309 g/mol. The Morgan fingerprint density at radius 1 is 1.26 bits per heavy atom. The smallest absolute Gasteiger partial charge is 0.173 e. The van der Waals surface area contributed by atoms with Crippen LogP contribution in [0.4, 0.5) is 0 Å². The van der Waals surface area contributed by atoms with Gasteiger partial charge in [0, 0.05) is 5.02 Å². The Morgan fingerprint density at radius 3 is 2.47 bits per heavy atom. The van der Waals surface area contributed by atoms with E-state index in [9.17, 15) is 0 Å². The number of aromatic nitrogens is 4. The highest BCUT2D eigenvalue weighted by molar-refractivity contribution is 6.40. The molecule has 2 aromatic rings. The molecule has 102 valence electrons. The van der Waals surface area contributed by atoms with Gasteiger partial charge in [-0.2, -0.15) is 4.68 Å². The second kappa shape index (κ2) is 6.05. The van der Waals surface area contributed by atoms with Crippen LogP contribution in [-0.4, -0.2) is 26.8 Å². The lowest BCUT2D eigenvalue weighted by Crippen LogP contribution is -2.21. The number of halogens is 3. The van der Waals surface area contributed by atoms with E-state index in [1.807, 2.05) is 13.8 Å². The van der Waals surface area contributed by atoms with E-state index in [1.54, 1.807) is 12.1 Å². The highest BCUT2D eigenvalue weighted by Crippen LogP contribution is 2.32. The minimum Gasteiger partial charge on any atom is -0.308 e. The molecule has 1 heterocycles. The summed E-state index contributed by atoms with van der Waals surface area (Å²) >= 11 is 18.2. The largest absolute Gasteiger partial charge is 0.308 e. The quantitative estimate of drug-likeness (QED) is 0.939. The zero-order chi connectivity index (χ0) is 14.0. The summed E-state index contributed by atoms with van der Waals surface area (Å²) in [6.45, 7) is 4.77. The number of benzene rings is 1. The van der Waals surface area contributed by atoms with Gasteiger partial charge < -0.3 is 5.32 Å². The summed E-state index contributed by atoms with van der Waals surface area (Å²) in [6, 6.07) is 3.18. The van der Waals surface area contributed by atoms with Crippen molar-refractivity contribution >= 4 is 34.8 Å². The predicted octanol–water partition coefficient (Wildman–Crippen LogP) is 3.29. The normalized spacial score (nSPS) is 12.7. The fourth-order valence-corrected chi connectivity index (χ4v) is 2.73. The number of nitrogens with zero attached hydrogens (tertiary/aromatic N) is 4. The minimum atomic E-state index is -0.0252. The van der Waals surface area contributed by atoms with E-state index in [0.29, 0.717) is 26.6 Å². The van der Waals surface area contributed by atoms with Crippen molar-refractivity contribution in [1.29, 1.82) is 0 Å². The lowest BCUT2D eigenvalue weighted by atomic mass is 10.2. The zero-order valence-electron chi connectivity index (χ0n) is 10.4. The molecule has 1 atom stereocenters. The molecule has 0 saturated heterocycles. The van der Waals surface area contributed by atoms with E-state index in [0.717, 1.165) is 6.54 Å². The molecule has 8 heteroatoms. The molecule has 2 rings (SSSR count). The van der Waals surface area contributed by atoms with Crippen molar-refractivity contribution in [3.63, 3.8) is 0 Å². The standard InChI is InChI=1S/C11H12Cl3N5/c1-3-15-6(2)11-16-17-18-19(11)10-8(13)4-7(12)5-9(10)14/h4-6,15H,3H2,1-2H3. The van der Waals surface area contributed by atoms with Gasteiger partial charge in [0.2, 0.25) is 0 Å². The minimum absolute atomic E-state index is 0.0252. The van der Waals surface area contributed by atoms with E-state index in [1.165, 1.54) is 4.68 Å². The van der Waals surface area contributed by atoms with Gasteiger partial charge in [0.1, 0.15) is 5.69 Å². The SMILES string of the molecule is CCNC(C)c1nnnn1-c1c(Cl)cc(Cl)cc1Cl. The number of rotatable bonds is 4. The summed E-state index contributed by atoms with van der Waals surface area (Å²) in [5.74, 6) is 0.632. The molecular formula is C11H12Cl3N5. The predicted molar refractivity (Wildman–Crippen MR) is 76.3 cm³/mol. The Bertz CT molecular complexity index is 560. The fourth-order valence-electron chi connectivity index (χ4n) is 1.76. The Balaban J connectivity index is 2.52. The van der Waals surface area contributed by atoms with Crippen molar-refractivity contribution in [1.82, 2.24) is 25.5 Å². The first-order chi connectivity index (χ1) is 9.04. The third kappa shape index (κ3) is 3.00. The molecule has 0 aliphatic carbocycles. The van der Waals surface area contributed by atoms with Crippen LogP contribution in [0.3, 0.4) is 0 Å². The second-order valence-electron chi connectivity index (χ2n) is 3.95. The number of nitrogens with one attached hydrogen (secondary N) is 1. The summed E-state index contributed by atoms with van der Waals surface area (Å²) in [5, 5.41) is 16.1. The number of hydrogen-bond donors (Lipinski definition) is 1. The Morgan fingerprint density at radius 2 is 1.89 bits per heavy atom. The summed E-state index contributed by atoms with van der Waals surface area (Å²) in [5.41, 5.74) is 0.525. The van der Waals surface area contributed by atoms with Crippen LogP contribution in [-0.2, 0) is 0 Å². The zero-order valence-corrected chi connectivity index (χ0v) is 12.6. The molecule has 1 N–H and O–H groups in total. The highest BCUT2D eigenvalue weighted by atomic mass is 35.5. The van der Waals surface area contributed by atoms with Crippen LogP contribution >= 0.6 is 34.8 Å². The molecule has 0 bridgehead atoms. The van der Waals surface area contributed by atoms with Crippen molar-refractivity contribution in [2.75, 3.05) is 6.54 Å². The highest BCUT2D eigenvalue weighted by Gasteiger charge is 2.19. The van der Waals surface area contributed by atoms with Crippen LogP contribution in [0.15, 0.2) is 12.1 Å². The van der Waals surface area contributed by atoms with Crippen LogP contribution in [0.5, 0.6) is 0 Å². The molecule has 0 radical (unpaired) electrons. The molecule has 1 unspecified atom stereocenters. The first-order valence-corrected chi connectivity index (χ1v) is 6.84. The van der Waals surface area contributed by atoms with Gasteiger partial charge in [-0.05, 0) is 36.0 Å². The van der Waals surface area contributed by atoms with Gasteiger partial charge in [-0.25, -0.2) is 0 Å². The summed E-state index contributed by atoms with van der Waals surface area (Å²) in [4.78, 5) is 0. The summed E-state index contributed by atoms with van der Waals surface area (Å²) in [7, 11) is 0. The summed E-state index contributed by atoms with van der Waals surface area (Å²) in [6.07, 6.45) is 0. The second-order valence-corrected chi connectivity index (χ2v) is 5.20. The van der Waals surface area contributed by atoms with E-state index in [-0.39, 0.29) is 6.04 Å². The Hall–Kier alpha value is -0.880. The maximum Gasteiger partial charge on any atom is 0.173 e. The molecule has 1 aromatic carbocycles. The molecule has 0 aliphatic heterocycles. The monoisotopic (exact) mass is 319 g/mol.